The molecule has 3 rings (SSSR count). The third-order valence-electron chi connectivity index (χ3n) is 4.00. The second kappa shape index (κ2) is 9.18. The van der Waals surface area contributed by atoms with Gasteiger partial charge in [-0.1, -0.05) is 6.92 Å². The predicted molar refractivity (Wildman–Crippen MR) is 109 cm³/mol. The molecule has 0 spiro atoms. The maximum Gasteiger partial charge on any atom is 0.191 e. The lowest BCUT2D eigenvalue weighted by atomic mass is 10.3. The van der Waals surface area contributed by atoms with Gasteiger partial charge in [-0.15, -0.1) is 11.3 Å². The van der Waals surface area contributed by atoms with Crippen LogP contribution < -0.4 is 15.4 Å². The zero-order chi connectivity index (χ0) is 19.1. The number of nitrogens with one attached hydrogen (secondary N) is 2. The molecule has 8 heteroatoms. The molecule has 0 radical (unpaired) electrons. The number of hydrogen-bond donors (Lipinski definition) is 2. The van der Waals surface area contributed by atoms with Crippen molar-refractivity contribution >= 4 is 17.3 Å². The number of rotatable bonds is 7. The maximum absolute atomic E-state index is 5.19. The molecule has 0 bridgehead atoms. The third kappa shape index (κ3) is 5.07. The van der Waals surface area contributed by atoms with Gasteiger partial charge in [0.2, 0.25) is 0 Å². The second-order valence-electron chi connectivity index (χ2n) is 5.80. The van der Waals surface area contributed by atoms with Crippen LogP contribution in [0.4, 0.5) is 0 Å². The van der Waals surface area contributed by atoms with E-state index < -0.39 is 0 Å². The van der Waals surface area contributed by atoms with Crippen LogP contribution in [0.2, 0.25) is 0 Å². The zero-order valence-corrected chi connectivity index (χ0v) is 16.6. The molecular weight excluding hydrogens is 360 g/mol. The van der Waals surface area contributed by atoms with E-state index in [1.807, 2.05) is 47.4 Å². The van der Waals surface area contributed by atoms with Crippen LogP contribution in [-0.4, -0.2) is 34.9 Å². The largest absolute Gasteiger partial charge is 0.497 e. The fourth-order valence-corrected chi connectivity index (χ4v) is 3.28. The summed E-state index contributed by atoms with van der Waals surface area (Å²) < 4.78 is 7.03. The minimum Gasteiger partial charge on any atom is -0.497 e. The van der Waals surface area contributed by atoms with Gasteiger partial charge in [-0.2, -0.15) is 5.10 Å². The smallest absolute Gasteiger partial charge is 0.191 e. The van der Waals surface area contributed by atoms with Crippen molar-refractivity contribution in [1.82, 2.24) is 25.4 Å². The highest BCUT2D eigenvalue weighted by Gasteiger charge is 2.05. The Labute approximate surface area is 163 Å². The van der Waals surface area contributed by atoms with Gasteiger partial charge in [-0.3, -0.25) is 4.99 Å². The summed E-state index contributed by atoms with van der Waals surface area (Å²) in [5.41, 5.74) is 1.91. The molecule has 0 aliphatic carbocycles. The zero-order valence-electron chi connectivity index (χ0n) is 15.8. The number of benzene rings is 1. The Kier molecular flexibility index (Phi) is 6.43. The van der Waals surface area contributed by atoms with Crippen LogP contribution in [0.5, 0.6) is 5.75 Å². The lowest BCUT2D eigenvalue weighted by Crippen LogP contribution is -2.36. The summed E-state index contributed by atoms with van der Waals surface area (Å²) in [4.78, 5) is 9.95. The van der Waals surface area contributed by atoms with Crippen molar-refractivity contribution in [1.29, 1.82) is 0 Å². The number of thiazole rings is 1. The molecule has 1 aromatic carbocycles. The van der Waals surface area contributed by atoms with Crippen LogP contribution in [0.1, 0.15) is 22.5 Å². The monoisotopic (exact) mass is 384 g/mol. The number of methoxy groups -OCH3 is 1. The number of guanidine groups is 1. The molecule has 7 nitrogen and oxygen atoms in total. The molecule has 2 heterocycles. The SMILES string of the molecule is CCc1cnc(CNC(=NC)NCc2ccn(-c3ccc(OC)cc3)n2)s1. The van der Waals surface area contributed by atoms with Gasteiger partial charge in [-0.25, -0.2) is 9.67 Å². The standard InChI is InChI=1S/C19H24N6OS/c1-4-17-12-21-18(27-17)13-23-19(20-2)22-11-14-9-10-25(24-14)15-5-7-16(26-3)8-6-15/h5-10,12H,4,11,13H2,1-3H3,(H2,20,22,23). The minimum atomic E-state index is 0.584. The average molecular weight is 385 g/mol. The van der Waals surface area contributed by atoms with Crippen LogP contribution >= 0.6 is 11.3 Å². The number of aliphatic imine (C=N–C) groups is 1. The van der Waals surface area contributed by atoms with Gasteiger partial charge in [0.25, 0.3) is 0 Å². The summed E-state index contributed by atoms with van der Waals surface area (Å²) >= 11 is 1.72. The van der Waals surface area contributed by atoms with Crippen molar-refractivity contribution in [2.24, 2.45) is 4.99 Å². The van der Waals surface area contributed by atoms with Crippen molar-refractivity contribution in [3.05, 3.63) is 58.3 Å². The Morgan fingerprint density at radius 1 is 1.19 bits per heavy atom. The number of nitrogens with zero attached hydrogens (tertiary/aromatic N) is 4. The molecule has 0 saturated heterocycles. The van der Waals surface area contributed by atoms with Crippen LogP contribution in [-0.2, 0) is 19.5 Å². The van der Waals surface area contributed by atoms with E-state index in [2.05, 4.69) is 32.6 Å². The quantitative estimate of drug-likeness (QED) is 0.484. The van der Waals surface area contributed by atoms with Gasteiger partial charge in [0.15, 0.2) is 5.96 Å². The average Bonchev–Trinajstić information content (AvgIpc) is 3.37. The molecule has 2 N–H and O–H groups in total. The first kappa shape index (κ1) is 18.9. The van der Waals surface area contributed by atoms with E-state index in [1.165, 1.54) is 4.88 Å². The number of aryl methyl sites for hydroxylation is 1. The Morgan fingerprint density at radius 3 is 2.63 bits per heavy atom. The minimum absolute atomic E-state index is 0.584. The van der Waals surface area contributed by atoms with Gasteiger partial charge in [0.1, 0.15) is 10.8 Å². The van der Waals surface area contributed by atoms with Crippen LogP contribution in [0, 0.1) is 0 Å². The first-order valence-corrected chi connectivity index (χ1v) is 9.60. The van der Waals surface area contributed by atoms with E-state index in [0.717, 1.165) is 34.5 Å². The summed E-state index contributed by atoms with van der Waals surface area (Å²) in [6.45, 7) is 3.38. The van der Waals surface area contributed by atoms with Gasteiger partial charge < -0.3 is 15.4 Å². The Morgan fingerprint density at radius 2 is 1.96 bits per heavy atom. The highest BCUT2D eigenvalue weighted by Crippen LogP contribution is 2.15. The van der Waals surface area contributed by atoms with E-state index in [-0.39, 0.29) is 0 Å². The van der Waals surface area contributed by atoms with Gasteiger partial charge in [-0.05, 0) is 36.8 Å². The Hall–Kier alpha value is -2.87. The van der Waals surface area contributed by atoms with Crippen LogP contribution in [0.25, 0.3) is 5.69 Å². The highest BCUT2D eigenvalue weighted by molar-refractivity contribution is 7.11. The predicted octanol–water partition coefficient (Wildman–Crippen LogP) is 2.77. The molecule has 27 heavy (non-hydrogen) atoms. The number of hydrogen-bond acceptors (Lipinski definition) is 5. The van der Waals surface area contributed by atoms with Crippen molar-refractivity contribution in [3.63, 3.8) is 0 Å². The highest BCUT2D eigenvalue weighted by atomic mass is 32.1. The molecule has 0 amide bonds. The Balaban J connectivity index is 1.53. The van der Waals surface area contributed by atoms with Gasteiger partial charge in [0, 0.05) is 24.3 Å². The number of aromatic nitrogens is 3. The van der Waals surface area contributed by atoms with Gasteiger partial charge in [0.05, 0.1) is 31.6 Å². The normalized spacial score (nSPS) is 11.4. The summed E-state index contributed by atoms with van der Waals surface area (Å²) in [5, 5.41) is 12.2. The fraction of sp³-hybridized carbons (Fsp3) is 0.316. The first-order chi connectivity index (χ1) is 13.2. The topological polar surface area (TPSA) is 76.4 Å². The summed E-state index contributed by atoms with van der Waals surface area (Å²) in [6, 6.07) is 9.77. The molecule has 0 unspecified atom stereocenters. The van der Waals surface area contributed by atoms with Crippen molar-refractivity contribution in [3.8, 4) is 11.4 Å². The fourth-order valence-electron chi connectivity index (χ4n) is 2.48. The first-order valence-electron chi connectivity index (χ1n) is 8.79. The van der Waals surface area contributed by atoms with Crippen molar-refractivity contribution in [2.75, 3.05) is 14.2 Å². The summed E-state index contributed by atoms with van der Waals surface area (Å²) in [7, 11) is 3.41. The molecular formula is C19H24N6OS. The number of ether oxygens (including phenoxy) is 1. The third-order valence-corrected chi connectivity index (χ3v) is 5.14. The van der Waals surface area contributed by atoms with E-state index in [0.29, 0.717) is 13.1 Å². The van der Waals surface area contributed by atoms with Crippen LogP contribution in [0.15, 0.2) is 47.7 Å². The van der Waals surface area contributed by atoms with Crippen molar-refractivity contribution < 1.29 is 4.74 Å². The second-order valence-corrected chi connectivity index (χ2v) is 7.00. The lowest BCUT2D eigenvalue weighted by molar-refractivity contribution is 0.414. The molecule has 2 aromatic heterocycles. The molecule has 0 fully saturated rings. The van der Waals surface area contributed by atoms with Gasteiger partial charge >= 0.3 is 0 Å². The van der Waals surface area contributed by atoms with Crippen LogP contribution in [0.3, 0.4) is 0 Å². The molecule has 0 aliphatic rings. The summed E-state index contributed by atoms with van der Waals surface area (Å²) in [6.07, 6.45) is 4.89. The molecule has 0 saturated carbocycles. The molecule has 142 valence electrons. The molecule has 3 aromatic rings. The van der Waals surface area contributed by atoms with E-state index >= 15 is 0 Å². The van der Waals surface area contributed by atoms with E-state index in [9.17, 15) is 0 Å². The van der Waals surface area contributed by atoms with Crippen molar-refractivity contribution in [2.45, 2.75) is 26.4 Å². The van der Waals surface area contributed by atoms with E-state index in [4.69, 9.17) is 4.74 Å². The maximum atomic E-state index is 5.19. The van der Waals surface area contributed by atoms with E-state index in [1.54, 1.807) is 25.5 Å². The Bertz CT molecular complexity index is 884. The summed E-state index contributed by atoms with van der Waals surface area (Å²) in [5.74, 6) is 1.55. The lowest BCUT2D eigenvalue weighted by Gasteiger charge is -2.09. The molecule has 0 atom stereocenters. The molecule has 0 aliphatic heterocycles.